The molecule has 0 saturated heterocycles. The molecule has 0 radical (unpaired) electrons. The van der Waals surface area contributed by atoms with Crippen molar-refractivity contribution in [1.29, 1.82) is 0 Å². The van der Waals surface area contributed by atoms with E-state index in [4.69, 9.17) is 16.3 Å². The van der Waals surface area contributed by atoms with Gasteiger partial charge in [-0.3, -0.25) is 0 Å². The molecule has 0 unspecified atom stereocenters. The maximum atomic E-state index is 13.9. The number of rotatable bonds is 5. The topological polar surface area (TPSA) is 21.3 Å². The summed E-state index contributed by atoms with van der Waals surface area (Å²) in [5.41, 5.74) is 0.436. The first-order valence-electron chi connectivity index (χ1n) is 6.33. The van der Waals surface area contributed by atoms with E-state index in [1.54, 1.807) is 0 Å². The standard InChI is InChI=1S/C15H13ClF3NO/c1-2-20-8-9-6-11(17)15(12(18)7-9)21-13-5-3-4-10(16)14(13)19/h3-7,20H,2,8H2,1H3. The number of ether oxygens (including phenoxy) is 1. The first kappa shape index (κ1) is 15.7. The SMILES string of the molecule is CCNCc1cc(F)c(Oc2cccc(Cl)c2F)c(F)c1. The average Bonchev–Trinajstić information content (AvgIpc) is 2.45. The van der Waals surface area contributed by atoms with Gasteiger partial charge in [0.15, 0.2) is 29.0 Å². The van der Waals surface area contributed by atoms with Crippen molar-refractivity contribution in [2.75, 3.05) is 6.54 Å². The molecule has 2 rings (SSSR count). The molecular weight excluding hydrogens is 303 g/mol. The fourth-order valence-electron chi connectivity index (χ4n) is 1.75. The van der Waals surface area contributed by atoms with Crippen LogP contribution < -0.4 is 10.1 Å². The van der Waals surface area contributed by atoms with Gasteiger partial charge in [-0.15, -0.1) is 0 Å². The Morgan fingerprint density at radius 2 is 1.81 bits per heavy atom. The molecule has 21 heavy (non-hydrogen) atoms. The molecule has 0 aliphatic heterocycles. The smallest absolute Gasteiger partial charge is 0.198 e. The Labute approximate surface area is 125 Å². The average molecular weight is 316 g/mol. The summed E-state index contributed by atoms with van der Waals surface area (Å²) in [6, 6.07) is 6.27. The molecule has 1 N–H and O–H groups in total. The zero-order valence-electron chi connectivity index (χ0n) is 11.2. The minimum absolute atomic E-state index is 0.183. The minimum atomic E-state index is -0.901. The van der Waals surface area contributed by atoms with Crippen molar-refractivity contribution in [3.63, 3.8) is 0 Å². The minimum Gasteiger partial charge on any atom is -0.448 e. The predicted molar refractivity (Wildman–Crippen MR) is 75.2 cm³/mol. The number of benzene rings is 2. The van der Waals surface area contributed by atoms with Crippen LogP contribution in [0.1, 0.15) is 12.5 Å². The van der Waals surface area contributed by atoms with Gasteiger partial charge in [0, 0.05) is 6.54 Å². The van der Waals surface area contributed by atoms with Gasteiger partial charge in [-0.2, -0.15) is 0 Å². The van der Waals surface area contributed by atoms with Crippen molar-refractivity contribution in [3.8, 4) is 11.5 Å². The van der Waals surface area contributed by atoms with Gasteiger partial charge in [-0.05, 0) is 36.4 Å². The third kappa shape index (κ3) is 3.68. The van der Waals surface area contributed by atoms with Gasteiger partial charge in [0.1, 0.15) is 0 Å². The third-order valence-electron chi connectivity index (χ3n) is 2.77. The van der Waals surface area contributed by atoms with E-state index in [2.05, 4.69) is 5.32 Å². The number of nitrogens with one attached hydrogen (secondary N) is 1. The van der Waals surface area contributed by atoms with Crippen LogP contribution >= 0.6 is 11.6 Å². The predicted octanol–water partition coefficient (Wildman–Crippen LogP) is 4.66. The van der Waals surface area contributed by atoms with Crippen molar-refractivity contribution in [2.45, 2.75) is 13.5 Å². The van der Waals surface area contributed by atoms with Crippen molar-refractivity contribution in [3.05, 3.63) is 58.4 Å². The van der Waals surface area contributed by atoms with Crippen LogP contribution in [0.5, 0.6) is 11.5 Å². The molecule has 0 spiro atoms. The Bertz CT molecular complexity index is 626. The van der Waals surface area contributed by atoms with Crippen LogP contribution in [0, 0.1) is 17.5 Å². The van der Waals surface area contributed by atoms with Crippen LogP contribution in [0.2, 0.25) is 5.02 Å². The van der Waals surface area contributed by atoms with Crippen LogP contribution in [0.4, 0.5) is 13.2 Å². The molecule has 0 amide bonds. The fourth-order valence-corrected chi connectivity index (χ4v) is 1.92. The lowest BCUT2D eigenvalue weighted by Gasteiger charge is -2.11. The van der Waals surface area contributed by atoms with E-state index in [1.807, 2.05) is 6.92 Å². The first-order valence-corrected chi connectivity index (χ1v) is 6.71. The van der Waals surface area contributed by atoms with E-state index in [1.165, 1.54) is 18.2 Å². The summed E-state index contributed by atoms with van der Waals surface area (Å²) in [5, 5.41) is 2.77. The first-order chi connectivity index (χ1) is 10.0. The Hall–Kier alpha value is -1.72. The molecular formula is C15H13ClF3NO. The van der Waals surface area contributed by atoms with Crippen molar-refractivity contribution in [2.24, 2.45) is 0 Å². The summed E-state index contributed by atoms with van der Waals surface area (Å²) in [4.78, 5) is 0. The monoisotopic (exact) mass is 315 g/mol. The van der Waals surface area contributed by atoms with E-state index in [9.17, 15) is 13.2 Å². The Balaban J connectivity index is 2.30. The molecule has 0 saturated carbocycles. The quantitative estimate of drug-likeness (QED) is 0.866. The summed E-state index contributed by atoms with van der Waals surface area (Å²) >= 11 is 5.59. The lowest BCUT2D eigenvalue weighted by atomic mass is 10.2. The van der Waals surface area contributed by atoms with Crippen molar-refractivity contribution < 1.29 is 17.9 Å². The summed E-state index contributed by atoms with van der Waals surface area (Å²) < 4.78 is 46.5. The van der Waals surface area contributed by atoms with Gasteiger partial charge in [0.05, 0.1) is 5.02 Å². The van der Waals surface area contributed by atoms with Gasteiger partial charge in [0.25, 0.3) is 0 Å². The van der Waals surface area contributed by atoms with E-state index >= 15 is 0 Å². The highest BCUT2D eigenvalue weighted by atomic mass is 35.5. The van der Waals surface area contributed by atoms with Gasteiger partial charge in [-0.1, -0.05) is 24.6 Å². The van der Waals surface area contributed by atoms with E-state index in [-0.39, 0.29) is 10.8 Å². The molecule has 6 heteroatoms. The van der Waals surface area contributed by atoms with Crippen LogP contribution in [-0.4, -0.2) is 6.54 Å². The Kier molecular flexibility index (Phi) is 5.09. The second kappa shape index (κ2) is 6.83. The molecule has 0 fully saturated rings. The van der Waals surface area contributed by atoms with Gasteiger partial charge in [-0.25, -0.2) is 13.2 Å². The number of hydrogen-bond acceptors (Lipinski definition) is 2. The lowest BCUT2D eigenvalue weighted by Crippen LogP contribution is -2.12. The molecule has 0 aromatic heterocycles. The Morgan fingerprint density at radius 1 is 1.14 bits per heavy atom. The second-order valence-electron chi connectivity index (χ2n) is 4.32. The van der Waals surface area contributed by atoms with Crippen LogP contribution in [0.15, 0.2) is 30.3 Å². The Morgan fingerprint density at radius 3 is 2.43 bits per heavy atom. The highest BCUT2D eigenvalue weighted by Gasteiger charge is 2.16. The number of hydrogen-bond donors (Lipinski definition) is 1. The fraction of sp³-hybridized carbons (Fsp3) is 0.200. The van der Waals surface area contributed by atoms with Gasteiger partial charge >= 0.3 is 0 Å². The second-order valence-corrected chi connectivity index (χ2v) is 4.73. The summed E-state index contributed by atoms with van der Waals surface area (Å²) in [7, 11) is 0. The van der Waals surface area contributed by atoms with Crippen molar-refractivity contribution in [1.82, 2.24) is 5.32 Å². The zero-order valence-corrected chi connectivity index (χ0v) is 12.0. The summed E-state index contributed by atoms with van der Waals surface area (Å²) in [6.07, 6.45) is 0. The van der Waals surface area contributed by atoms with Crippen LogP contribution in [0.3, 0.4) is 0 Å². The molecule has 2 aromatic rings. The van der Waals surface area contributed by atoms with Crippen LogP contribution in [-0.2, 0) is 6.54 Å². The van der Waals surface area contributed by atoms with Gasteiger partial charge < -0.3 is 10.1 Å². The van der Waals surface area contributed by atoms with E-state index in [0.29, 0.717) is 18.7 Å². The third-order valence-corrected chi connectivity index (χ3v) is 3.06. The normalized spacial score (nSPS) is 10.7. The maximum Gasteiger partial charge on any atom is 0.198 e. The largest absolute Gasteiger partial charge is 0.448 e. The maximum absolute atomic E-state index is 13.9. The molecule has 0 aliphatic rings. The number of halogens is 4. The molecule has 0 atom stereocenters. The molecule has 0 aliphatic carbocycles. The van der Waals surface area contributed by atoms with Crippen LogP contribution in [0.25, 0.3) is 0 Å². The molecule has 0 bridgehead atoms. The highest BCUT2D eigenvalue weighted by molar-refractivity contribution is 6.30. The van der Waals surface area contributed by atoms with Gasteiger partial charge in [0.2, 0.25) is 0 Å². The van der Waals surface area contributed by atoms with E-state index < -0.39 is 23.2 Å². The van der Waals surface area contributed by atoms with Crippen molar-refractivity contribution >= 4 is 11.6 Å². The summed E-state index contributed by atoms with van der Waals surface area (Å²) in [6.45, 7) is 2.89. The lowest BCUT2D eigenvalue weighted by molar-refractivity contribution is 0.386. The highest BCUT2D eigenvalue weighted by Crippen LogP contribution is 2.32. The zero-order chi connectivity index (χ0) is 15.4. The molecule has 0 heterocycles. The molecule has 112 valence electrons. The summed E-state index contributed by atoms with van der Waals surface area (Å²) in [5.74, 6) is -3.66. The molecule has 2 aromatic carbocycles. The van der Waals surface area contributed by atoms with E-state index in [0.717, 1.165) is 12.1 Å². The molecule has 2 nitrogen and oxygen atoms in total.